The van der Waals surface area contributed by atoms with Crippen molar-refractivity contribution in [3.63, 3.8) is 0 Å². The first-order chi connectivity index (χ1) is 8.19. The molecule has 1 aromatic carbocycles. The molecule has 0 bridgehead atoms. The minimum Gasteiger partial charge on any atom is -0.493 e. The fourth-order valence-corrected chi connectivity index (χ4v) is 1.87. The number of rotatable bonds is 6. The van der Waals surface area contributed by atoms with E-state index >= 15 is 0 Å². The molecule has 0 radical (unpaired) electrons. The second kappa shape index (κ2) is 6.25. The van der Waals surface area contributed by atoms with Crippen LogP contribution < -0.4 is 9.47 Å². The fourth-order valence-electron chi connectivity index (χ4n) is 1.61. The van der Waals surface area contributed by atoms with Crippen molar-refractivity contribution >= 4 is 24.2 Å². The van der Waals surface area contributed by atoms with E-state index in [9.17, 15) is 9.59 Å². The van der Waals surface area contributed by atoms with Gasteiger partial charge in [0.15, 0.2) is 17.8 Å². The summed E-state index contributed by atoms with van der Waals surface area (Å²) < 4.78 is 10.3. The van der Waals surface area contributed by atoms with Gasteiger partial charge < -0.3 is 14.3 Å². The van der Waals surface area contributed by atoms with Crippen LogP contribution in [-0.4, -0.2) is 26.8 Å². The molecule has 0 aromatic heterocycles. The lowest BCUT2D eigenvalue weighted by molar-refractivity contribution is -0.107. The summed E-state index contributed by atoms with van der Waals surface area (Å²) in [5, 5.41) is 0.290. The molecule has 0 saturated heterocycles. The van der Waals surface area contributed by atoms with Crippen molar-refractivity contribution in [2.24, 2.45) is 0 Å². The van der Waals surface area contributed by atoms with Crippen LogP contribution in [0, 0.1) is 0 Å². The lowest BCUT2D eigenvalue weighted by atomic mass is 10.0. The average molecular weight is 257 g/mol. The zero-order chi connectivity index (χ0) is 12.8. The van der Waals surface area contributed by atoms with Gasteiger partial charge in [0.1, 0.15) is 6.29 Å². The number of carbonyl (C=O) groups excluding carboxylic acids is 2. The molecule has 17 heavy (non-hydrogen) atoms. The molecule has 0 atom stereocenters. The minimum atomic E-state index is 0.251. The summed E-state index contributed by atoms with van der Waals surface area (Å²) in [4.78, 5) is 21.3. The van der Waals surface area contributed by atoms with Crippen molar-refractivity contribution in [2.45, 2.75) is 12.8 Å². The van der Waals surface area contributed by atoms with Crippen molar-refractivity contribution < 1.29 is 19.1 Å². The molecule has 0 aliphatic heterocycles. The minimum absolute atomic E-state index is 0.251. The highest BCUT2D eigenvalue weighted by Crippen LogP contribution is 2.38. The van der Waals surface area contributed by atoms with Gasteiger partial charge in [0, 0.05) is 6.42 Å². The van der Waals surface area contributed by atoms with Crippen molar-refractivity contribution in [2.75, 3.05) is 14.2 Å². The molecular formula is C12H13ClO4. The van der Waals surface area contributed by atoms with Gasteiger partial charge >= 0.3 is 0 Å². The van der Waals surface area contributed by atoms with Crippen molar-refractivity contribution in [1.82, 2.24) is 0 Å². The summed E-state index contributed by atoms with van der Waals surface area (Å²) in [7, 11) is 2.91. The molecular weight excluding hydrogens is 244 g/mol. The molecule has 0 amide bonds. The zero-order valence-electron chi connectivity index (χ0n) is 9.66. The third kappa shape index (κ3) is 2.77. The van der Waals surface area contributed by atoms with Gasteiger partial charge in [-0.05, 0) is 18.1 Å². The van der Waals surface area contributed by atoms with E-state index in [4.69, 9.17) is 21.1 Å². The van der Waals surface area contributed by atoms with Gasteiger partial charge in [0.2, 0.25) is 0 Å². The van der Waals surface area contributed by atoms with Crippen LogP contribution in [0.4, 0.5) is 0 Å². The first kappa shape index (κ1) is 13.5. The zero-order valence-corrected chi connectivity index (χ0v) is 10.4. The van der Waals surface area contributed by atoms with E-state index in [-0.39, 0.29) is 5.56 Å². The quantitative estimate of drug-likeness (QED) is 0.733. The van der Waals surface area contributed by atoms with E-state index in [0.717, 1.165) is 11.8 Å². The Morgan fingerprint density at radius 2 is 1.88 bits per heavy atom. The molecule has 92 valence electrons. The van der Waals surface area contributed by atoms with E-state index in [1.165, 1.54) is 14.2 Å². The molecule has 0 spiro atoms. The maximum Gasteiger partial charge on any atom is 0.173 e. The molecule has 0 aliphatic rings. The second-order valence-electron chi connectivity index (χ2n) is 3.32. The van der Waals surface area contributed by atoms with E-state index < -0.39 is 0 Å². The smallest absolute Gasteiger partial charge is 0.173 e. The Kier molecular flexibility index (Phi) is 4.97. The third-order valence-electron chi connectivity index (χ3n) is 2.36. The summed E-state index contributed by atoms with van der Waals surface area (Å²) >= 11 is 5.97. The van der Waals surface area contributed by atoms with Gasteiger partial charge in [-0.3, -0.25) is 4.79 Å². The number of benzene rings is 1. The molecule has 0 fully saturated rings. The van der Waals surface area contributed by atoms with Crippen molar-refractivity contribution in [3.05, 3.63) is 22.2 Å². The second-order valence-corrected chi connectivity index (χ2v) is 3.73. The maximum atomic E-state index is 10.9. The molecule has 0 heterocycles. The number of halogens is 1. The van der Waals surface area contributed by atoms with E-state index in [1.807, 2.05) is 0 Å². The first-order valence-corrected chi connectivity index (χ1v) is 5.39. The average Bonchev–Trinajstić information content (AvgIpc) is 2.35. The van der Waals surface area contributed by atoms with Crippen LogP contribution in [0.2, 0.25) is 5.02 Å². The van der Waals surface area contributed by atoms with E-state index in [1.54, 1.807) is 6.07 Å². The highest BCUT2D eigenvalue weighted by atomic mass is 35.5. The molecule has 0 aliphatic carbocycles. The monoisotopic (exact) mass is 256 g/mol. The molecule has 0 N–H and O–H groups in total. The Morgan fingerprint density at radius 1 is 1.24 bits per heavy atom. The Balaban J connectivity index is 3.36. The molecule has 0 saturated carbocycles. The summed E-state index contributed by atoms with van der Waals surface area (Å²) in [6, 6.07) is 1.62. The highest BCUT2D eigenvalue weighted by molar-refractivity contribution is 6.33. The lowest BCUT2D eigenvalue weighted by Gasteiger charge is -2.15. The van der Waals surface area contributed by atoms with E-state index in [2.05, 4.69) is 0 Å². The van der Waals surface area contributed by atoms with Crippen LogP contribution in [0.1, 0.15) is 22.3 Å². The van der Waals surface area contributed by atoms with Crippen LogP contribution >= 0.6 is 11.6 Å². The number of aryl methyl sites for hydroxylation is 1. The number of ether oxygens (including phenoxy) is 2. The van der Waals surface area contributed by atoms with Gasteiger partial charge in [-0.25, -0.2) is 0 Å². The predicted molar refractivity (Wildman–Crippen MR) is 64.3 cm³/mol. The topological polar surface area (TPSA) is 52.6 Å². The predicted octanol–water partition coefficient (Wildman–Crippen LogP) is 2.30. The van der Waals surface area contributed by atoms with Crippen LogP contribution in [0.5, 0.6) is 11.5 Å². The van der Waals surface area contributed by atoms with Gasteiger partial charge in [-0.2, -0.15) is 0 Å². The number of hydrogen-bond donors (Lipinski definition) is 0. The maximum absolute atomic E-state index is 10.9. The third-order valence-corrected chi connectivity index (χ3v) is 2.67. The number of carbonyl (C=O) groups is 2. The van der Waals surface area contributed by atoms with Crippen LogP contribution in [0.3, 0.4) is 0 Å². The Hall–Kier alpha value is -1.55. The molecule has 4 nitrogen and oxygen atoms in total. The number of aldehydes is 2. The number of methoxy groups -OCH3 is 2. The highest BCUT2D eigenvalue weighted by Gasteiger charge is 2.18. The fraction of sp³-hybridized carbons (Fsp3) is 0.333. The van der Waals surface area contributed by atoms with Crippen molar-refractivity contribution in [3.8, 4) is 11.5 Å². The normalized spacial score (nSPS) is 9.82. The largest absolute Gasteiger partial charge is 0.493 e. The summed E-state index contributed by atoms with van der Waals surface area (Å²) in [6.07, 6.45) is 2.28. The molecule has 1 rings (SSSR count). The SMILES string of the molecule is COc1c(CCC=O)cc(Cl)c(C=O)c1OC. The standard InChI is InChI=1S/C12H13ClO4/c1-16-11-8(4-3-5-14)6-10(13)9(7-15)12(11)17-2/h5-7H,3-4H2,1-2H3. The van der Waals surface area contributed by atoms with Gasteiger partial charge in [-0.15, -0.1) is 0 Å². The Bertz CT molecular complexity index is 429. The van der Waals surface area contributed by atoms with Gasteiger partial charge in [-0.1, -0.05) is 11.6 Å². The first-order valence-electron chi connectivity index (χ1n) is 5.01. The molecule has 1 aromatic rings. The van der Waals surface area contributed by atoms with Gasteiger partial charge in [0.25, 0.3) is 0 Å². The van der Waals surface area contributed by atoms with Gasteiger partial charge in [0.05, 0.1) is 24.8 Å². The molecule has 0 unspecified atom stereocenters. The Morgan fingerprint density at radius 3 is 2.35 bits per heavy atom. The van der Waals surface area contributed by atoms with Crippen LogP contribution in [0.15, 0.2) is 6.07 Å². The lowest BCUT2D eigenvalue weighted by Crippen LogP contribution is -2.01. The van der Waals surface area contributed by atoms with E-state index in [0.29, 0.717) is 35.6 Å². The van der Waals surface area contributed by atoms with Crippen LogP contribution in [-0.2, 0) is 11.2 Å². The molecule has 5 heteroatoms. The summed E-state index contributed by atoms with van der Waals surface area (Å²) in [6.45, 7) is 0. The summed E-state index contributed by atoms with van der Waals surface area (Å²) in [5.41, 5.74) is 0.993. The van der Waals surface area contributed by atoms with Crippen molar-refractivity contribution in [1.29, 1.82) is 0 Å². The number of hydrogen-bond acceptors (Lipinski definition) is 4. The Labute approximate surface area is 104 Å². The van der Waals surface area contributed by atoms with Crippen LogP contribution in [0.25, 0.3) is 0 Å². The summed E-state index contributed by atoms with van der Waals surface area (Å²) in [5.74, 6) is 0.747.